The van der Waals surface area contributed by atoms with Crippen LogP contribution >= 0.6 is 0 Å². The van der Waals surface area contributed by atoms with Gasteiger partial charge in [-0.2, -0.15) is 0 Å². The van der Waals surface area contributed by atoms with Gasteiger partial charge >= 0.3 is 0 Å². The Labute approximate surface area is 425 Å². The molecule has 71 heavy (non-hydrogen) atoms. The largest absolute Gasteiger partial charge is 0.345 e. The molecule has 8 aromatic rings. The summed E-state index contributed by atoms with van der Waals surface area (Å²) in [6, 6.07) is 75.6. The van der Waals surface area contributed by atoms with Crippen LogP contribution in [-0.2, 0) is 0 Å². The minimum absolute atomic E-state index is 0.937. The summed E-state index contributed by atoms with van der Waals surface area (Å²) in [7, 11) is 2.11. The zero-order chi connectivity index (χ0) is 50.2. The second-order valence-corrected chi connectivity index (χ2v) is 17.1. The van der Waals surface area contributed by atoms with Gasteiger partial charge in [0, 0.05) is 35.5 Å². The van der Waals surface area contributed by atoms with Crippen LogP contribution in [0.15, 0.2) is 280 Å². The highest BCUT2D eigenvalue weighted by Crippen LogP contribution is 2.37. The SMILES string of the molecule is C=C/C=C(\C=C/C)C(=C/C/C=C\C)/c1ccccc1.C=CC.Cc1ccc(N(C)c2ccc(-c3ccc(N(c4ccc(C)cc4)c4ccc(C=C(c5ccccc5)c5ccccc5)cc4)cc3)cc2)cc1. The minimum atomic E-state index is 0.937. The first-order valence-corrected chi connectivity index (χ1v) is 24.5. The van der Waals surface area contributed by atoms with E-state index in [9.17, 15) is 0 Å². The highest BCUT2D eigenvalue weighted by atomic mass is 15.1. The number of hydrogen-bond donors (Lipinski definition) is 0. The molecule has 0 aliphatic rings. The van der Waals surface area contributed by atoms with Crippen molar-refractivity contribution in [2.24, 2.45) is 0 Å². The molecule has 0 bridgehead atoms. The van der Waals surface area contributed by atoms with Crippen LogP contribution in [0.3, 0.4) is 0 Å². The maximum atomic E-state index is 3.80. The average Bonchev–Trinajstić information content (AvgIpc) is 3.42. The lowest BCUT2D eigenvalue weighted by molar-refractivity contribution is 1.20. The first-order chi connectivity index (χ1) is 34.8. The molecule has 2 heteroatoms. The highest BCUT2D eigenvalue weighted by Gasteiger charge is 2.14. The Hall–Kier alpha value is -8.46. The molecule has 0 unspecified atom stereocenters. The number of rotatable bonds is 15. The summed E-state index contributed by atoms with van der Waals surface area (Å²) in [5, 5.41) is 0. The predicted molar refractivity (Wildman–Crippen MR) is 313 cm³/mol. The monoisotopic (exact) mass is 925 g/mol. The molecule has 0 heterocycles. The lowest BCUT2D eigenvalue weighted by Crippen LogP contribution is -2.10. The molecule has 0 amide bonds. The summed E-state index contributed by atoms with van der Waals surface area (Å²) in [6.45, 7) is 17.4. The third-order valence-corrected chi connectivity index (χ3v) is 11.8. The van der Waals surface area contributed by atoms with Crippen molar-refractivity contribution in [3.63, 3.8) is 0 Å². The van der Waals surface area contributed by atoms with Gasteiger partial charge in [0.2, 0.25) is 0 Å². The van der Waals surface area contributed by atoms with Crippen LogP contribution in [0.1, 0.15) is 60.6 Å². The first kappa shape index (κ1) is 51.9. The van der Waals surface area contributed by atoms with Gasteiger partial charge in [-0.3, -0.25) is 0 Å². The van der Waals surface area contributed by atoms with Crippen molar-refractivity contribution in [1.29, 1.82) is 0 Å². The maximum Gasteiger partial charge on any atom is 0.0462 e. The number of benzene rings is 8. The van der Waals surface area contributed by atoms with Gasteiger partial charge in [-0.25, -0.2) is 0 Å². The number of allylic oxidation sites excluding steroid dienone is 10. The van der Waals surface area contributed by atoms with Crippen molar-refractivity contribution in [2.45, 2.75) is 41.0 Å². The van der Waals surface area contributed by atoms with Gasteiger partial charge in [0.1, 0.15) is 0 Å². The Kier molecular flexibility index (Phi) is 20.1. The molecule has 354 valence electrons. The standard InChI is InChI=1S/C47H40N2.C19H22.C3H6/c1-35-14-24-42(25-15-35)48(3)43-30-20-38(21-31-43)39-22-32-46(33-23-39)49(44-26-16-36(2)17-27-44)45-28-18-37(19-29-45)34-47(40-10-6-4-7-11-40)41-12-8-5-9-13-41;1-4-7-9-16-19(17(12-5-2)13-6-3)18-14-10-8-11-15-18;1-3-2/h4-34H,1-3H3;4-8,10-16H,2,9H2,1,3H3;3H,1H2,2H3/b;7-4-,13-6-,17-12+,19-16-;. The maximum absolute atomic E-state index is 3.80. The smallest absolute Gasteiger partial charge is 0.0462 e. The quantitative estimate of drug-likeness (QED) is 0.0574. The van der Waals surface area contributed by atoms with E-state index in [2.05, 4.69) is 293 Å². The predicted octanol–water partition coefficient (Wildman–Crippen LogP) is 19.7. The molecule has 2 nitrogen and oxygen atoms in total. The van der Waals surface area contributed by atoms with Gasteiger partial charge in [0.05, 0.1) is 0 Å². The second kappa shape index (κ2) is 27.5. The fourth-order valence-corrected chi connectivity index (χ4v) is 8.08. The van der Waals surface area contributed by atoms with E-state index in [1.54, 1.807) is 6.08 Å². The zero-order valence-electron chi connectivity index (χ0n) is 42.4. The van der Waals surface area contributed by atoms with Crippen molar-refractivity contribution < 1.29 is 0 Å². The summed E-state index contributed by atoms with van der Waals surface area (Å²) >= 11 is 0. The molecule has 0 saturated heterocycles. The zero-order valence-corrected chi connectivity index (χ0v) is 42.4. The molecule has 0 radical (unpaired) electrons. The summed E-state index contributed by atoms with van der Waals surface area (Å²) < 4.78 is 0. The van der Waals surface area contributed by atoms with Crippen LogP contribution in [0.5, 0.6) is 0 Å². The van der Waals surface area contributed by atoms with Gasteiger partial charge in [-0.05, 0) is 158 Å². The van der Waals surface area contributed by atoms with Gasteiger partial charge in [-0.1, -0.05) is 218 Å². The Bertz CT molecular complexity index is 2970. The fourth-order valence-electron chi connectivity index (χ4n) is 8.08. The second-order valence-electron chi connectivity index (χ2n) is 17.1. The van der Waals surface area contributed by atoms with Gasteiger partial charge in [0.25, 0.3) is 0 Å². The molecular formula is C69H68N2. The van der Waals surface area contributed by atoms with Crippen LogP contribution in [0, 0.1) is 13.8 Å². The third-order valence-electron chi connectivity index (χ3n) is 11.8. The van der Waals surface area contributed by atoms with E-state index >= 15 is 0 Å². The van der Waals surface area contributed by atoms with Crippen molar-refractivity contribution in [1.82, 2.24) is 0 Å². The number of nitrogens with zero attached hydrogens (tertiary/aromatic N) is 2. The Morgan fingerprint density at radius 3 is 1.28 bits per heavy atom. The molecule has 0 N–H and O–H groups in total. The average molecular weight is 925 g/mol. The van der Waals surface area contributed by atoms with Crippen molar-refractivity contribution in [3.8, 4) is 11.1 Å². The topological polar surface area (TPSA) is 6.48 Å². The van der Waals surface area contributed by atoms with E-state index in [-0.39, 0.29) is 0 Å². The van der Waals surface area contributed by atoms with Gasteiger partial charge < -0.3 is 9.80 Å². The Morgan fingerprint density at radius 2 is 0.859 bits per heavy atom. The van der Waals surface area contributed by atoms with E-state index in [4.69, 9.17) is 0 Å². The number of aryl methyl sites for hydroxylation is 2. The molecule has 0 spiro atoms. The minimum Gasteiger partial charge on any atom is -0.345 e. The van der Waals surface area contributed by atoms with E-state index in [1.165, 1.54) is 61.4 Å². The molecule has 0 aliphatic heterocycles. The van der Waals surface area contributed by atoms with Crippen LogP contribution in [0.2, 0.25) is 0 Å². The van der Waals surface area contributed by atoms with Crippen LogP contribution in [0.4, 0.5) is 28.4 Å². The fraction of sp³-hybridized carbons (Fsp3) is 0.101. The molecule has 0 aromatic heterocycles. The lowest BCUT2D eigenvalue weighted by Gasteiger charge is -2.26. The molecule has 8 aromatic carbocycles. The van der Waals surface area contributed by atoms with Crippen LogP contribution < -0.4 is 9.80 Å². The van der Waals surface area contributed by atoms with Crippen molar-refractivity contribution in [2.75, 3.05) is 16.8 Å². The van der Waals surface area contributed by atoms with Crippen molar-refractivity contribution >= 4 is 45.7 Å². The lowest BCUT2D eigenvalue weighted by atomic mass is 9.95. The molecule has 0 atom stereocenters. The summed E-state index contributed by atoms with van der Waals surface area (Å²) in [6.07, 6.45) is 19.5. The summed E-state index contributed by atoms with van der Waals surface area (Å²) in [4.78, 5) is 4.54. The molecule has 8 rings (SSSR count). The Balaban J connectivity index is 0.000000314. The van der Waals surface area contributed by atoms with Crippen LogP contribution in [0.25, 0.3) is 28.3 Å². The van der Waals surface area contributed by atoms with Gasteiger partial charge in [0.15, 0.2) is 0 Å². The summed E-state index contributed by atoms with van der Waals surface area (Å²) in [5.74, 6) is 0. The molecule has 0 aliphatic carbocycles. The Morgan fingerprint density at radius 1 is 0.465 bits per heavy atom. The number of anilines is 5. The van der Waals surface area contributed by atoms with Crippen molar-refractivity contribution in [3.05, 3.63) is 313 Å². The first-order valence-electron chi connectivity index (χ1n) is 24.5. The van der Waals surface area contributed by atoms with E-state index < -0.39 is 0 Å². The molecular weight excluding hydrogens is 857 g/mol. The number of hydrogen-bond acceptors (Lipinski definition) is 2. The van der Waals surface area contributed by atoms with Gasteiger partial charge in [-0.15, -0.1) is 6.58 Å². The normalized spacial score (nSPS) is 11.2. The third kappa shape index (κ3) is 15.0. The molecule has 0 fully saturated rings. The highest BCUT2D eigenvalue weighted by molar-refractivity contribution is 5.92. The van der Waals surface area contributed by atoms with E-state index in [0.717, 1.165) is 34.7 Å². The summed E-state index contributed by atoms with van der Waals surface area (Å²) in [5.41, 5.74) is 19.0. The van der Waals surface area contributed by atoms with E-state index in [0.29, 0.717) is 0 Å². The van der Waals surface area contributed by atoms with E-state index in [1.807, 2.05) is 32.9 Å². The van der Waals surface area contributed by atoms with Crippen LogP contribution in [-0.4, -0.2) is 7.05 Å². The molecule has 0 saturated carbocycles.